The molecule has 4 fully saturated rings. The lowest BCUT2D eigenvalue weighted by Crippen LogP contribution is -2.51. The Hall–Kier alpha value is -2.37. The van der Waals surface area contributed by atoms with E-state index in [4.69, 9.17) is 0 Å². The van der Waals surface area contributed by atoms with E-state index in [0.29, 0.717) is 5.92 Å². The maximum absolute atomic E-state index is 12.8. The average molecular weight is 454 g/mol. The van der Waals surface area contributed by atoms with E-state index in [0.717, 1.165) is 80.7 Å². The normalized spacial score (nSPS) is 24.6. The molecule has 0 spiro atoms. The summed E-state index contributed by atoms with van der Waals surface area (Å²) in [5.41, 5.74) is 3.89. The molecule has 170 valence electrons. The molecule has 0 aromatic heterocycles. The van der Waals surface area contributed by atoms with E-state index in [9.17, 15) is 9.59 Å². The van der Waals surface area contributed by atoms with Crippen molar-refractivity contribution in [2.45, 2.75) is 38.5 Å². The van der Waals surface area contributed by atoms with Gasteiger partial charge >= 0.3 is 0 Å². The summed E-state index contributed by atoms with van der Waals surface area (Å²) in [7, 11) is 0. The molecule has 3 heterocycles. The smallest absolute Gasteiger partial charge is 0.229 e. The number of hydrogen-bond donors (Lipinski definition) is 2. The highest BCUT2D eigenvalue weighted by Gasteiger charge is 2.38. The van der Waals surface area contributed by atoms with Crippen LogP contribution >= 0.6 is 12.4 Å². The summed E-state index contributed by atoms with van der Waals surface area (Å²) >= 11 is 0. The predicted molar refractivity (Wildman–Crippen MR) is 131 cm³/mol. The molecule has 3 saturated heterocycles. The molecule has 2 amide bonds. The minimum atomic E-state index is 0. The molecule has 5 nitrogen and oxygen atoms in total. The quantitative estimate of drug-likeness (QED) is 0.655. The fourth-order valence-corrected chi connectivity index (χ4v) is 5.42. The van der Waals surface area contributed by atoms with Gasteiger partial charge < -0.3 is 15.5 Å². The molecule has 3 aliphatic heterocycles. The molecule has 2 bridgehead atoms. The van der Waals surface area contributed by atoms with Crippen LogP contribution in [0.3, 0.4) is 0 Å². The van der Waals surface area contributed by atoms with E-state index in [2.05, 4.69) is 15.5 Å². The van der Waals surface area contributed by atoms with E-state index >= 15 is 0 Å². The molecule has 2 N–H and O–H groups in total. The van der Waals surface area contributed by atoms with Gasteiger partial charge in [-0.3, -0.25) is 9.59 Å². The van der Waals surface area contributed by atoms with Crippen molar-refractivity contribution in [3.63, 3.8) is 0 Å². The van der Waals surface area contributed by atoms with Crippen LogP contribution in [0.4, 0.5) is 11.4 Å². The number of rotatable bonds is 5. The SMILES string of the molecule is Cl.O=C(Nc1ccc(-c2ccc(NC(=O)C3CN4CCC3CC4)cc2)cc1)C1CCCC1. The number of carbonyl (C=O) groups excluding carboxylic acids is 2. The highest BCUT2D eigenvalue weighted by Crippen LogP contribution is 2.33. The molecular formula is C26H32ClN3O2. The van der Waals surface area contributed by atoms with Crippen LogP contribution < -0.4 is 10.6 Å². The molecular weight excluding hydrogens is 422 g/mol. The van der Waals surface area contributed by atoms with E-state index in [1.54, 1.807) is 0 Å². The zero-order chi connectivity index (χ0) is 21.2. The van der Waals surface area contributed by atoms with Gasteiger partial charge in [-0.05, 0) is 80.1 Å². The van der Waals surface area contributed by atoms with Crippen LogP contribution in [0.15, 0.2) is 48.5 Å². The van der Waals surface area contributed by atoms with Crippen LogP contribution in [0.1, 0.15) is 38.5 Å². The molecule has 6 rings (SSSR count). The van der Waals surface area contributed by atoms with Crippen LogP contribution in [0.25, 0.3) is 11.1 Å². The summed E-state index contributed by atoms with van der Waals surface area (Å²) in [6.45, 7) is 3.19. The molecule has 0 radical (unpaired) electrons. The van der Waals surface area contributed by atoms with Crippen LogP contribution in [0.2, 0.25) is 0 Å². The van der Waals surface area contributed by atoms with Crippen LogP contribution in [-0.4, -0.2) is 36.3 Å². The number of halogens is 1. The lowest BCUT2D eigenvalue weighted by Gasteiger charge is -2.43. The summed E-state index contributed by atoms with van der Waals surface area (Å²) in [5, 5.41) is 6.17. The maximum Gasteiger partial charge on any atom is 0.229 e. The number of nitrogens with one attached hydrogen (secondary N) is 2. The second-order valence-corrected chi connectivity index (χ2v) is 9.36. The number of hydrogen-bond acceptors (Lipinski definition) is 3. The number of piperidine rings is 3. The lowest BCUT2D eigenvalue weighted by molar-refractivity contribution is -0.125. The first-order valence-electron chi connectivity index (χ1n) is 11.7. The highest BCUT2D eigenvalue weighted by molar-refractivity contribution is 5.94. The van der Waals surface area contributed by atoms with Gasteiger partial charge in [-0.15, -0.1) is 12.4 Å². The standard InChI is InChI=1S/C26H31N3O2.ClH/c30-25(21-3-1-2-4-21)27-22-9-5-18(6-10-22)19-7-11-23(12-8-19)28-26(31)24-17-29-15-13-20(24)14-16-29;/h5-12,20-21,24H,1-4,13-17H2,(H,27,30)(H,28,31);1H. The molecule has 32 heavy (non-hydrogen) atoms. The molecule has 1 saturated carbocycles. The number of benzene rings is 2. The van der Waals surface area contributed by atoms with Gasteiger partial charge in [0.05, 0.1) is 5.92 Å². The molecule has 1 atom stereocenters. The molecule has 1 unspecified atom stereocenters. The molecule has 2 aromatic rings. The fourth-order valence-electron chi connectivity index (χ4n) is 5.42. The Kier molecular flexibility index (Phi) is 7.17. The maximum atomic E-state index is 12.8. The van der Waals surface area contributed by atoms with Gasteiger partial charge in [-0.1, -0.05) is 37.1 Å². The Bertz CT molecular complexity index is 931. The number of anilines is 2. The number of carbonyl (C=O) groups is 2. The minimum Gasteiger partial charge on any atom is -0.326 e. The molecule has 4 aliphatic rings. The Morgan fingerprint density at radius 1 is 0.719 bits per heavy atom. The van der Waals surface area contributed by atoms with Gasteiger partial charge in [-0.25, -0.2) is 0 Å². The van der Waals surface area contributed by atoms with Crippen LogP contribution in [0.5, 0.6) is 0 Å². The first-order chi connectivity index (χ1) is 15.2. The third kappa shape index (κ3) is 5.00. The topological polar surface area (TPSA) is 61.4 Å². The van der Waals surface area contributed by atoms with Crippen molar-refractivity contribution in [2.24, 2.45) is 17.8 Å². The highest BCUT2D eigenvalue weighted by atomic mass is 35.5. The summed E-state index contributed by atoms with van der Waals surface area (Å²) in [6, 6.07) is 16.0. The van der Waals surface area contributed by atoms with Crippen molar-refractivity contribution < 1.29 is 9.59 Å². The van der Waals surface area contributed by atoms with Crippen molar-refractivity contribution in [3.8, 4) is 11.1 Å². The summed E-state index contributed by atoms with van der Waals surface area (Å²) in [5.74, 6) is 1.13. The zero-order valence-electron chi connectivity index (χ0n) is 18.4. The Morgan fingerprint density at radius 2 is 1.22 bits per heavy atom. The third-order valence-electron chi connectivity index (χ3n) is 7.36. The lowest BCUT2D eigenvalue weighted by atomic mass is 9.78. The van der Waals surface area contributed by atoms with Gasteiger partial charge in [-0.2, -0.15) is 0 Å². The van der Waals surface area contributed by atoms with Crippen molar-refractivity contribution in [3.05, 3.63) is 48.5 Å². The number of nitrogens with zero attached hydrogens (tertiary/aromatic N) is 1. The molecule has 6 heteroatoms. The Balaban J connectivity index is 0.00000245. The predicted octanol–water partition coefficient (Wildman–Crippen LogP) is 5.18. The molecule has 2 aromatic carbocycles. The Labute approximate surface area is 196 Å². The van der Waals surface area contributed by atoms with Gasteiger partial charge in [0.15, 0.2) is 0 Å². The zero-order valence-corrected chi connectivity index (χ0v) is 19.2. The van der Waals surface area contributed by atoms with Gasteiger partial charge in [0.1, 0.15) is 0 Å². The number of amides is 2. The number of fused-ring (bicyclic) bond motifs is 3. The largest absolute Gasteiger partial charge is 0.326 e. The van der Waals surface area contributed by atoms with Crippen molar-refractivity contribution in [1.82, 2.24) is 4.90 Å². The van der Waals surface area contributed by atoms with E-state index < -0.39 is 0 Å². The first-order valence-corrected chi connectivity index (χ1v) is 11.7. The second kappa shape index (κ2) is 10.1. The molecule has 1 aliphatic carbocycles. The van der Waals surface area contributed by atoms with Crippen LogP contribution in [-0.2, 0) is 9.59 Å². The summed E-state index contributed by atoms with van der Waals surface area (Å²) in [6.07, 6.45) is 6.63. The monoisotopic (exact) mass is 453 g/mol. The van der Waals surface area contributed by atoms with Crippen molar-refractivity contribution >= 4 is 35.6 Å². The van der Waals surface area contributed by atoms with E-state index in [1.807, 2.05) is 48.5 Å². The van der Waals surface area contributed by atoms with Gasteiger partial charge in [0, 0.05) is 23.8 Å². The van der Waals surface area contributed by atoms with E-state index in [1.165, 1.54) is 0 Å². The summed E-state index contributed by atoms with van der Waals surface area (Å²) in [4.78, 5) is 27.5. The van der Waals surface area contributed by atoms with Crippen molar-refractivity contribution in [2.75, 3.05) is 30.3 Å². The fraction of sp³-hybridized carbons (Fsp3) is 0.462. The average Bonchev–Trinajstić information content (AvgIpc) is 3.36. The van der Waals surface area contributed by atoms with Crippen molar-refractivity contribution in [1.29, 1.82) is 0 Å². The van der Waals surface area contributed by atoms with Gasteiger partial charge in [0.2, 0.25) is 11.8 Å². The van der Waals surface area contributed by atoms with Crippen LogP contribution in [0, 0.1) is 17.8 Å². The summed E-state index contributed by atoms with van der Waals surface area (Å²) < 4.78 is 0. The Morgan fingerprint density at radius 3 is 1.69 bits per heavy atom. The minimum absolute atomic E-state index is 0. The van der Waals surface area contributed by atoms with E-state index in [-0.39, 0.29) is 36.1 Å². The second-order valence-electron chi connectivity index (χ2n) is 9.36. The third-order valence-corrected chi connectivity index (χ3v) is 7.36. The van der Waals surface area contributed by atoms with Gasteiger partial charge in [0.25, 0.3) is 0 Å². The first kappa shape index (κ1) is 22.8.